The van der Waals surface area contributed by atoms with Gasteiger partial charge >= 0.3 is 11.9 Å². The maximum atomic E-state index is 12.4. The van der Waals surface area contributed by atoms with Gasteiger partial charge in [0.15, 0.2) is 6.61 Å². The van der Waals surface area contributed by atoms with Crippen molar-refractivity contribution >= 4 is 34.2 Å². The van der Waals surface area contributed by atoms with E-state index in [1.165, 1.54) is 12.3 Å². The number of furan rings is 1. The summed E-state index contributed by atoms with van der Waals surface area (Å²) in [6.45, 7) is 2.94. The number of esters is 2. The molecule has 1 amide bonds. The molecule has 0 radical (unpaired) electrons. The van der Waals surface area contributed by atoms with Crippen LogP contribution in [0.25, 0.3) is 11.3 Å². The van der Waals surface area contributed by atoms with Gasteiger partial charge in [0.1, 0.15) is 16.3 Å². The highest BCUT2D eigenvalue weighted by molar-refractivity contribution is 7.15. The Bertz CT molecular complexity index is 988. The number of anilines is 1. The highest BCUT2D eigenvalue weighted by Crippen LogP contribution is 2.36. The molecule has 3 aromatic rings. The van der Waals surface area contributed by atoms with Crippen molar-refractivity contribution in [1.82, 2.24) is 5.16 Å². The number of carbonyl (C=O) groups excluding carboxylic acids is 3. The Labute approximate surface area is 163 Å². The predicted octanol–water partition coefficient (Wildman–Crippen LogP) is 3.28. The third kappa shape index (κ3) is 4.29. The van der Waals surface area contributed by atoms with E-state index in [9.17, 15) is 14.4 Å². The Balaban J connectivity index is 1.71. The maximum Gasteiger partial charge on any atom is 0.377 e. The average Bonchev–Trinajstić information content (AvgIpc) is 3.40. The number of thiophene rings is 1. The first kappa shape index (κ1) is 19.4. The molecule has 3 heterocycles. The van der Waals surface area contributed by atoms with Crippen molar-refractivity contribution in [3.63, 3.8) is 0 Å². The third-order valence-corrected chi connectivity index (χ3v) is 4.37. The van der Waals surface area contributed by atoms with Crippen LogP contribution in [0.2, 0.25) is 0 Å². The lowest BCUT2D eigenvalue weighted by Gasteiger charge is -2.08. The summed E-state index contributed by atoms with van der Waals surface area (Å²) in [6, 6.07) is 4.77. The lowest BCUT2D eigenvalue weighted by atomic mass is 10.1. The van der Waals surface area contributed by atoms with Gasteiger partial charge in [-0.05, 0) is 26.0 Å². The van der Waals surface area contributed by atoms with E-state index >= 15 is 0 Å². The molecular weight excluding hydrogens is 388 g/mol. The largest absolute Gasteiger partial charge is 0.464 e. The van der Waals surface area contributed by atoms with Crippen LogP contribution in [0, 0.1) is 6.92 Å². The summed E-state index contributed by atoms with van der Waals surface area (Å²) in [5.74, 6) is -1.67. The Morgan fingerprint density at radius 1 is 1.25 bits per heavy atom. The molecule has 0 saturated carbocycles. The lowest BCUT2D eigenvalue weighted by Crippen LogP contribution is -2.21. The number of hydrogen-bond donors (Lipinski definition) is 1. The Kier molecular flexibility index (Phi) is 5.90. The average molecular weight is 404 g/mol. The van der Waals surface area contributed by atoms with Gasteiger partial charge in [-0.2, -0.15) is 0 Å². The van der Waals surface area contributed by atoms with Crippen LogP contribution in [0.1, 0.15) is 33.5 Å². The van der Waals surface area contributed by atoms with E-state index in [0.717, 1.165) is 11.3 Å². The minimum atomic E-state index is -0.816. The molecule has 28 heavy (non-hydrogen) atoms. The lowest BCUT2D eigenvalue weighted by molar-refractivity contribution is -0.119. The molecule has 0 bridgehead atoms. The van der Waals surface area contributed by atoms with Gasteiger partial charge < -0.3 is 23.7 Å². The highest BCUT2D eigenvalue weighted by atomic mass is 32.1. The van der Waals surface area contributed by atoms with Gasteiger partial charge in [-0.25, -0.2) is 9.59 Å². The summed E-state index contributed by atoms with van der Waals surface area (Å²) in [7, 11) is 0. The van der Waals surface area contributed by atoms with Crippen LogP contribution < -0.4 is 5.32 Å². The van der Waals surface area contributed by atoms with Gasteiger partial charge in [0.2, 0.25) is 5.76 Å². The molecule has 9 nitrogen and oxygen atoms in total. The van der Waals surface area contributed by atoms with Crippen molar-refractivity contribution in [3.05, 3.63) is 46.9 Å². The van der Waals surface area contributed by atoms with Gasteiger partial charge in [0.05, 0.1) is 18.6 Å². The van der Waals surface area contributed by atoms with Crippen LogP contribution in [0.3, 0.4) is 0 Å². The molecule has 0 fully saturated rings. The first-order valence-corrected chi connectivity index (χ1v) is 9.10. The van der Waals surface area contributed by atoms with E-state index in [0.29, 0.717) is 17.0 Å². The molecule has 1 N–H and O–H groups in total. The van der Waals surface area contributed by atoms with Gasteiger partial charge in [0.25, 0.3) is 5.91 Å². The second kappa shape index (κ2) is 8.53. The number of aryl methyl sites for hydroxylation is 1. The maximum absolute atomic E-state index is 12.4. The van der Waals surface area contributed by atoms with E-state index in [1.807, 2.05) is 0 Å². The number of nitrogens with one attached hydrogen (secondary N) is 1. The number of ether oxygens (including phenoxy) is 2. The second-order valence-corrected chi connectivity index (χ2v) is 6.39. The van der Waals surface area contributed by atoms with E-state index in [4.69, 9.17) is 18.4 Å². The Morgan fingerprint density at radius 2 is 2.07 bits per heavy atom. The van der Waals surface area contributed by atoms with Crippen molar-refractivity contribution in [2.75, 3.05) is 18.5 Å². The molecule has 146 valence electrons. The predicted molar refractivity (Wildman–Crippen MR) is 98.1 cm³/mol. The van der Waals surface area contributed by atoms with E-state index in [2.05, 4.69) is 10.5 Å². The zero-order valence-corrected chi connectivity index (χ0v) is 15.8. The number of rotatable bonds is 7. The summed E-state index contributed by atoms with van der Waals surface area (Å²) in [5.41, 5.74) is 1.18. The summed E-state index contributed by atoms with van der Waals surface area (Å²) < 4.78 is 20.1. The highest BCUT2D eigenvalue weighted by Gasteiger charge is 2.24. The summed E-state index contributed by atoms with van der Waals surface area (Å²) in [6.07, 6.45) is 1.48. The monoisotopic (exact) mass is 404 g/mol. The van der Waals surface area contributed by atoms with Crippen LogP contribution in [-0.2, 0) is 14.3 Å². The molecule has 3 rings (SSSR count). The number of amides is 1. The van der Waals surface area contributed by atoms with Crippen molar-refractivity contribution < 1.29 is 32.8 Å². The fraction of sp³-hybridized carbons (Fsp3) is 0.222. The number of carbonyl (C=O) groups is 3. The first-order valence-electron chi connectivity index (χ1n) is 8.22. The summed E-state index contributed by atoms with van der Waals surface area (Å²) in [5, 5.41) is 8.07. The van der Waals surface area contributed by atoms with Crippen LogP contribution in [0.5, 0.6) is 0 Å². The van der Waals surface area contributed by atoms with Crippen LogP contribution in [0.15, 0.2) is 38.8 Å². The summed E-state index contributed by atoms with van der Waals surface area (Å²) in [4.78, 5) is 36.4. The van der Waals surface area contributed by atoms with Gasteiger partial charge in [-0.15, -0.1) is 11.3 Å². The minimum absolute atomic E-state index is 0.103. The topological polar surface area (TPSA) is 121 Å². The zero-order chi connectivity index (χ0) is 20.1. The molecule has 0 aliphatic heterocycles. The quantitative estimate of drug-likeness (QED) is 0.596. The van der Waals surface area contributed by atoms with E-state index in [-0.39, 0.29) is 22.9 Å². The van der Waals surface area contributed by atoms with Crippen LogP contribution >= 0.6 is 11.3 Å². The van der Waals surface area contributed by atoms with Crippen LogP contribution in [-0.4, -0.2) is 36.2 Å². The Morgan fingerprint density at radius 3 is 2.71 bits per heavy atom. The molecule has 0 spiro atoms. The zero-order valence-electron chi connectivity index (χ0n) is 15.0. The molecule has 0 aliphatic carbocycles. The van der Waals surface area contributed by atoms with Crippen molar-refractivity contribution in [2.45, 2.75) is 13.8 Å². The van der Waals surface area contributed by atoms with Crippen LogP contribution in [0.4, 0.5) is 5.00 Å². The van der Waals surface area contributed by atoms with Crippen molar-refractivity contribution in [1.29, 1.82) is 0 Å². The molecule has 0 saturated heterocycles. The minimum Gasteiger partial charge on any atom is -0.464 e. The number of aromatic nitrogens is 1. The Hall–Kier alpha value is -3.40. The molecule has 0 unspecified atom stereocenters. The normalized spacial score (nSPS) is 10.5. The van der Waals surface area contributed by atoms with Gasteiger partial charge in [0, 0.05) is 17.0 Å². The third-order valence-electron chi connectivity index (χ3n) is 3.47. The molecule has 10 heteroatoms. The molecule has 0 aromatic carbocycles. The number of hydrogen-bond acceptors (Lipinski definition) is 9. The first-order chi connectivity index (χ1) is 13.5. The van der Waals surface area contributed by atoms with Gasteiger partial charge in [-0.3, -0.25) is 4.79 Å². The number of nitrogens with zero attached hydrogens (tertiary/aromatic N) is 1. The smallest absolute Gasteiger partial charge is 0.377 e. The molecular formula is C18H16N2O7S. The molecule has 3 aromatic heterocycles. The van der Waals surface area contributed by atoms with Crippen molar-refractivity contribution in [2.24, 2.45) is 0 Å². The van der Waals surface area contributed by atoms with E-state index in [1.54, 1.807) is 31.4 Å². The van der Waals surface area contributed by atoms with E-state index < -0.39 is 24.5 Å². The second-order valence-electron chi connectivity index (χ2n) is 5.51. The fourth-order valence-corrected chi connectivity index (χ4v) is 3.25. The standard InChI is InChI=1S/C18H16N2O7S/c1-3-24-18(23)15-11(12-5-4-6-25-12)9-28-16(15)19-14(21)8-26-17(22)13-7-10(2)20-27-13/h4-7,9H,3,8H2,1-2H3,(H,19,21). The van der Waals surface area contributed by atoms with Crippen molar-refractivity contribution in [3.8, 4) is 11.3 Å². The SMILES string of the molecule is CCOC(=O)c1c(-c2ccco2)csc1NC(=O)COC(=O)c1cc(C)no1. The van der Waals surface area contributed by atoms with Gasteiger partial charge in [-0.1, -0.05) is 5.16 Å². The summed E-state index contributed by atoms with van der Waals surface area (Å²) >= 11 is 1.13. The molecule has 0 aliphatic rings. The fourth-order valence-electron chi connectivity index (χ4n) is 2.29. The molecule has 0 atom stereocenters.